The van der Waals surface area contributed by atoms with Gasteiger partial charge >= 0.3 is 0 Å². The van der Waals surface area contributed by atoms with Crippen LogP contribution in [0.25, 0.3) is 0 Å². The lowest BCUT2D eigenvalue weighted by Crippen LogP contribution is -2.41. The van der Waals surface area contributed by atoms with E-state index in [1.165, 1.54) is 13.3 Å². The van der Waals surface area contributed by atoms with Crippen LogP contribution >= 0.6 is 0 Å². The van der Waals surface area contributed by atoms with Gasteiger partial charge in [-0.1, -0.05) is 0 Å². The smallest absolute Gasteiger partial charge is 0.286 e. The predicted molar refractivity (Wildman–Crippen MR) is 66.5 cm³/mol. The Kier molecular flexibility index (Phi) is 3.77. The molecule has 0 saturated heterocycles. The fraction of sp³-hybridized carbons (Fsp3) is 0.0833. The number of carbonyl (C=O) groups is 2. The summed E-state index contributed by atoms with van der Waals surface area (Å²) in [6.07, 6.45) is 2.97. The second-order valence-electron chi connectivity index (χ2n) is 3.58. The molecular formula is C12H12N4O3. The first-order valence-corrected chi connectivity index (χ1v) is 5.45. The van der Waals surface area contributed by atoms with Crippen molar-refractivity contribution in [2.75, 3.05) is 7.11 Å². The van der Waals surface area contributed by atoms with Gasteiger partial charge < -0.3 is 9.72 Å². The highest BCUT2D eigenvalue weighted by Crippen LogP contribution is 2.06. The van der Waals surface area contributed by atoms with E-state index in [1.54, 1.807) is 30.5 Å². The van der Waals surface area contributed by atoms with Crippen LogP contribution in [-0.4, -0.2) is 28.9 Å². The van der Waals surface area contributed by atoms with Crippen molar-refractivity contribution in [1.82, 2.24) is 20.8 Å². The van der Waals surface area contributed by atoms with Gasteiger partial charge in [0.2, 0.25) is 5.88 Å². The molecule has 0 spiro atoms. The van der Waals surface area contributed by atoms with Crippen molar-refractivity contribution in [2.24, 2.45) is 0 Å². The monoisotopic (exact) mass is 260 g/mol. The number of nitrogens with one attached hydrogen (secondary N) is 3. The topological polar surface area (TPSA) is 96.1 Å². The predicted octanol–water partition coefficient (Wildman–Crippen LogP) is 0.493. The molecule has 98 valence electrons. The van der Waals surface area contributed by atoms with Gasteiger partial charge in [-0.3, -0.25) is 20.4 Å². The van der Waals surface area contributed by atoms with Crippen LogP contribution in [0.3, 0.4) is 0 Å². The molecule has 2 aromatic heterocycles. The van der Waals surface area contributed by atoms with Crippen molar-refractivity contribution in [1.29, 1.82) is 0 Å². The molecule has 0 aromatic carbocycles. The van der Waals surface area contributed by atoms with Crippen molar-refractivity contribution in [3.05, 3.63) is 47.9 Å². The van der Waals surface area contributed by atoms with Crippen molar-refractivity contribution in [3.8, 4) is 5.88 Å². The third-order valence-corrected chi connectivity index (χ3v) is 2.34. The largest absolute Gasteiger partial charge is 0.481 e. The van der Waals surface area contributed by atoms with E-state index in [9.17, 15) is 9.59 Å². The summed E-state index contributed by atoms with van der Waals surface area (Å²) in [6.45, 7) is 0. The molecule has 0 aliphatic carbocycles. The fourth-order valence-electron chi connectivity index (χ4n) is 1.36. The number of carbonyl (C=O) groups excluding carboxylic acids is 2. The molecule has 3 N–H and O–H groups in total. The Labute approximate surface area is 109 Å². The van der Waals surface area contributed by atoms with Crippen LogP contribution in [-0.2, 0) is 0 Å². The van der Waals surface area contributed by atoms with Gasteiger partial charge in [-0.05, 0) is 18.2 Å². The molecule has 2 aromatic rings. The van der Waals surface area contributed by atoms with Crippen LogP contribution < -0.4 is 15.6 Å². The van der Waals surface area contributed by atoms with E-state index >= 15 is 0 Å². The lowest BCUT2D eigenvalue weighted by atomic mass is 10.3. The van der Waals surface area contributed by atoms with Crippen LogP contribution in [0.5, 0.6) is 5.88 Å². The SMILES string of the molecule is COc1ccc(C(=O)NNC(=O)c2ccc[nH]2)cn1. The summed E-state index contributed by atoms with van der Waals surface area (Å²) in [7, 11) is 1.48. The summed E-state index contributed by atoms with van der Waals surface area (Å²) in [4.78, 5) is 29.9. The van der Waals surface area contributed by atoms with E-state index in [0.29, 0.717) is 17.1 Å². The first kappa shape index (κ1) is 12.6. The highest BCUT2D eigenvalue weighted by atomic mass is 16.5. The minimum absolute atomic E-state index is 0.313. The fourth-order valence-corrected chi connectivity index (χ4v) is 1.36. The summed E-state index contributed by atoms with van der Waals surface area (Å²) in [5.41, 5.74) is 5.24. The summed E-state index contributed by atoms with van der Waals surface area (Å²) >= 11 is 0. The number of hydrogen-bond donors (Lipinski definition) is 3. The zero-order valence-electron chi connectivity index (χ0n) is 10.1. The summed E-state index contributed by atoms with van der Waals surface area (Å²) in [5, 5.41) is 0. The van der Waals surface area contributed by atoms with Crippen molar-refractivity contribution in [3.63, 3.8) is 0 Å². The molecule has 0 unspecified atom stereocenters. The summed E-state index contributed by atoms with van der Waals surface area (Å²) in [5.74, 6) is -0.484. The number of methoxy groups -OCH3 is 1. The average Bonchev–Trinajstić information content (AvgIpc) is 2.98. The van der Waals surface area contributed by atoms with Crippen LogP contribution in [0.1, 0.15) is 20.8 Å². The van der Waals surface area contributed by atoms with E-state index in [-0.39, 0.29) is 0 Å². The number of aromatic nitrogens is 2. The van der Waals surface area contributed by atoms with Gasteiger partial charge in [-0.15, -0.1) is 0 Å². The second-order valence-corrected chi connectivity index (χ2v) is 3.58. The molecule has 0 saturated carbocycles. The molecule has 7 nitrogen and oxygen atoms in total. The van der Waals surface area contributed by atoms with Crippen molar-refractivity contribution in [2.45, 2.75) is 0 Å². The highest BCUT2D eigenvalue weighted by Gasteiger charge is 2.09. The number of aromatic amines is 1. The maximum atomic E-state index is 11.7. The Morgan fingerprint density at radius 1 is 1.21 bits per heavy atom. The Bertz CT molecular complexity index is 563. The number of rotatable bonds is 3. The second kappa shape index (κ2) is 5.67. The molecule has 19 heavy (non-hydrogen) atoms. The number of ether oxygens (including phenoxy) is 1. The number of hydrogen-bond acceptors (Lipinski definition) is 4. The number of pyridine rings is 1. The van der Waals surface area contributed by atoms with E-state index < -0.39 is 11.8 Å². The minimum atomic E-state index is -0.463. The van der Waals surface area contributed by atoms with Gasteiger partial charge in [0.05, 0.1) is 12.7 Å². The van der Waals surface area contributed by atoms with Crippen molar-refractivity contribution >= 4 is 11.8 Å². The lowest BCUT2D eigenvalue weighted by Gasteiger charge is -2.06. The first-order chi connectivity index (χ1) is 9.20. The van der Waals surface area contributed by atoms with E-state index in [0.717, 1.165) is 0 Å². The third kappa shape index (κ3) is 3.09. The van der Waals surface area contributed by atoms with Crippen LogP contribution in [0, 0.1) is 0 Å². The molecule has 2 amide bonds. The molecular weight excluding hydrogens is 248 g/mol. The normalized spacial score (nSPS) is 9.74. The number of H-pyrrole nitrogens is 1. The van der Waals surface area contributed by atoms with E-state index in [4.69, 9.17) is 4.74 Å². The van der Waals surface area contributed by atoms with Gasteiger partial charge in [0.15, 0.2) is 0 Å². The summed E-state index contributed by atoms with van der Waals surface area (Å²) in [6, 6.07) is 6.38. The van der Waals surface area contributed by atoms with E-state index in [2.05, 4.69) is 20.8 Å². The Balaban J connectivity index is 1.92. The van der Waals surface area contributed by atoms with Gasteiger partial charge in [-0.25, -0.2) is 4.98 Å². The molecule has 7 heteroatoms. The minimum Gasteiger partial charge on any atom is -0.481 e. The summed E-state index contributed by atoms with van der Waals surface area (Å²) < 4.78 is 4.88. The highest BCUT2D eigenvalue weighted by molar-refractivity contribution is 5.98. The molecule has 0 atom stereocenters. The van der Waals surface area contributed by atoms with Gasteiger partial charge in [0.1, 0.15) is 5.69 Å². The quantitative estimate of drug-likeness (QED) is 0.700. The molecule has 0 aliphatic rings. The zero-order chi connectivity index (χ0) is 13.7. The molecule has 2 rings (SSSR count). The molecule has 0 bridgehead atoms. The number of amides is 2. The molecule has 0 aliphatic heterocycles. The first-order valence-electron chi connectivity index (χ1n) is 5.45. The lowest BCUT2D eigenvalue weighted by molar-refractivity contribution is 0.0844. The third-order valence-electron chi connectivity index (χ3n) is 2.34. The Morgan fingerprint density at radius 2 is 2.00 bits per heavy atom. The molecule has 2 heterocycles. The Hall–Kier alpha value is -2.83. The van der Waals surface area contributed by atoms with Gasteiger partial charge in [0, 0.05) is 18.5 Å². The van der Waals surface area contributed by atoms with Gasteiger partial charge in [-0.2, -0.15) is 0 Å². The standard InChI is InChI=1S/C12H12N4O3/c1-19-10-5-4-8(7-14-10)11(17)15-16-12(18)9-3-2-6-13-9/h2-7,13H,1H3,(H,15,17)(H,16,18). The molecule has 0 radical (unpaired) electrons. The number of hydrazine groups is 1. The number of nitrogens with zero attached hydrogens (tertiary/aromatic N) is 1. The Morgan fingerprint density at radius 3 is 2.58 bits per heavy atom. The molecule has 0 fully saturated rings. The zero-order valence-corrected chi connectivity index (χ0v) is 10.1. The van der Waals surface area contributed by atoms with Crippen LogP contribution in [0.4, 0.5) is 0 Å². The van der Waals surface area contributed by atoms with Crippen LogP contribution in [0.2, 0.25) is 0 Å². The van der Waals surface area contributed by atoms with Crippen LogP contribution in [0.15, 0.2) is 36.7 Å². The maximum Gasteiger partial charge on any atom is 0.286 e. The average molecular weight is 260 g/mol. The van der Waals surface area contributed by atoms with Crippen molar-refractivity contribution < 1.29 is 14.3 Å². The van der Waals surface area contributed by atoms with E-state index in [1.807, 2.05) is 0 Å². The maximum absolute atomic E-state index is 11.7. The van der Waals surface area contributed by atoms with Gasteiger partial charge in [0.25, 0.3) is 11.8 Å².